The van der Waals surface area contributed by atoms with E-state index >= 15 is 0 Å². The second kappa shape index (κ2) is 4.30. The number of halogens is 2. The number of rotatable bonds is 1. The Labute approximate surface area is 115 Å². The minimum atomic E-state index is -2.81. The maximum absolute atomic E-state index is 13.4. The number of nitrogens with zero attached hydrogens (tertiary/aromatic N) is 1. The average Bonchev–Trinajstić information content (AvgIpc) is 2.76. The minimum absolute atomic E-state index is 0.0319. The lowest BCUT2D eigenvalue weighted by atomic mass is 9.90. The number of amides is 1. The van der Waals surface area contributed by atoms with E-state index in [0.29, 0.717) is 0 Å². The summed E-state index contributed by atoms with van der Waals surface area (Å²) in [4.78, 5) is 24.2. The third kappa shape index (κ3) is 2.58. The summed E-state index contributed by atoms with van der Waals surface area (Å²) in [6, 6.07) is -1.09. The number of hydrogen-bond acceptors (Lipinski definition) is 3. The maximum Gasteiger partial charge on any atom is 0.411 e. The van der Waals surface area contributed by atoms with Gasteiger partial charge >= 0.3 is 12.1 Å². The van der Waals surface area contributed by atoms with Gasteiger partial charge < -0.3 is 9.84 Å². The van der Waals surface area contributed by atoms with Gasteiger partial charge in [-0.1, -0.05) is 0 Å². The summed E-state index contributed by atoms with van der Waals surface area (Å²) in [5, 5.41) is 9.14. The van der Waals surface area contributed by atoms with E-state index in [0.717, 1.165) is 4.90 Å². The molecular formula is C13H19F2NO4. The third-order valence-electron chi connectivity index (χ3n) is 3.87. The number of ether oxygens (including phenoxy) is 1. The van der Waals surface area contributed by atoms with Crippen molar-refractivity contribution in [2.75, 3.05) is 6.54 Å². The molecule has 1 spiro atoms. The lowest BCUT2D eigenvalue weighted by molar-refractivity contribution is -0.146. The molecule has 7 heteroatoms. The zero-order valence-corrected chi connectivity index (χ0v) is 11.8. The van der Waals surface area contributed by atoms with Crippen LogP contribution in [0.1, 0.15) is 40.0 Å². The molecule has 1 amide bonds. The van der Waals surface area contributed by atoms with Crippen LogP contribution in [0.4, 0.5) is 13.6 Å². The number of alkyl halides is 2. The number of carbonyl (C=O) groups excluding carboxylic acids is 1. The summed E-state index contributed by atoms with van der Waals surface area (Å²) in [7, 11) is 0. The smallest absolute Gasteiger partial charge is 0.411 e. The highest BCUT2D eigenvalue weighted by molar-refractivity contribution is 5.80. The summed E-state index contributed by atoms with van der Waals surface area (Å²) < 4.78 is 32.0. The van der Waals surface area contributed by atoms with E-state index in [1.165, 1.54) is 0 Å². The van der Waals surface area contributed by atoms with Crippen LogP contribution < -0.4 is 0 Å². The summed E-state index contributed by atoms with van der Waals surface area (Å²) in [5.41, 5.74) is -2.05. The standard InChI is InChI=1S/C13H19F2NO4/c1-11(2,3)20-10(19)16-7-12(6-13(12,14)15)5-4-8(16)9(17)18/h8H,4-7H2,1-3H3,(H,17,18). The molecule has 2 unspecified atom stereocenters. The molecule has 5 nitrogen and oxygen atoms in total. The van der Waals surface area contributed by atoms with Crippen molar-refractivity contribution in [2.24, 2.45) is 5.41 Å². The van der Waals surface area contributed by atoms with Gasteiger partial charge in [0.1, 0.15) is 11.6 Å². The van der Waals surface area contributed by atoms with Crippen molar-refractivity contribution in [1.82, 2.24) is 4.90 Å². The van der Waals surface area contributed by atoms with Crippen LogP contribution in [-0.4, -0.2) is 46.2 Å². The van der Waals surface area contributed by atoms with Crippen molar-refractivity contribution in [3.05, 3.63) is 0 Å². The van der Waals surface area contributed by atoms with Gasteiger partial charge in [0.25, 0.3) is 5.92 Å². The Morgan fingerprint density at radius 2 is 1.90 bits per heavy atom. The van der Waals surface area contributed by atoms with Gasteiger partial charge in [-0.3, -0.25) is 4.90 Å². The van der Waals surface area contributed by atoms with E-state index in [1.54, 1.807) is 20.8 Å². The number of aliphatic carboxylic acids is 1. The molecule has 0 aromatic rings. The monoisotopic (exact) mass is 291 g/mol. The predicted molar refractivity (Wildman–Crippen MR) is 65.6 cm³/mol. The Kier molecular flexibility index (Phi) is 3.22. The van der Waals surface area contributed by atoms with Crippen LogP contribution in [-0.2, 0) is 9.53 Å². The molecule has 2 rings (SSSR count). The largest absolute Gasteiger partial charge is 0.480 e. The molecule has 0 radical (unpaired) electrons. The van der Waals surface area contributed by atoms with Crippen LogP contribution in [0.25, 0.3) is 0 Å². The fourth-order valence-corrected chi connectivity index (χ4v) is 2.68. The predicted octanol–water partition coefficient (Wildman–Crippen LogP) is 2.50. The topological polar surface area (TPSA) is 66.8 Å². The Hall–Kier alpha value is -1.40. The number of carbonyl (C=O) groups is 2. The van der Waals surface area contributed by atoms with Gasteiger partial charge in [-0.05, 0) is 33.6 Å². The SMILES string of the molecule is CC(C)(C)OC(=O)N1CC2(CCC1C(=O)O)CC2(F)F. The fraction of sp³-hybridized carbons (Fsp3) is 0.846. The number of piperidine rings is 1. The fourth-order valence-electron chi connectivity index (χ4n) is 2.68. The van der Waals surface area contributed by atoms with Crippen LogP contribution >= 0.6 is 0 Å². The lowest BCUT2D eigenvalue weighted by Gasteiger charge is -2.38. The van der Waals surface area contributed by atoms with Crippen molar-refractivity contribution in [2.45, 2.75) is 57.6 Å². The number of carboxylic acids is 1. The van der Waals surface area contributed by atoms with Gasteiger partial charge in [-0.25, -0.2) is 18.4 Å². The lowest BCUT2D eigenvalue weighted by Crippen LogP contribution is -2.53. The molecule has 20 heavy (non-hydrogen) atoms. The van der Waals surface area contributed by atoms with E-state index < -0.39 is 35.0 Å². The highest BCUT2D eigenvalue weighted by atomic mass is 19.3. The van der Waals surface area contributed by atoms with Crippen LogP contribution in [0.3, 0.4) is 0 Å². The number of carboxylic acid groups (broad SMARTS) is 1. The second-order valence-electron chi connectivity index (χ2n) is 6.66. The molecule has 0 bridgehead atoms. The Morgan fingerprint density at radius 1 is 1.35 bits per heavy atom. The molecule has 114 valence electrons. The van der Waals surface area contributed by atoms with E-state index in [-0.39, 0.29) is 25.8 Å². The zero-order valence-electron chi connectivity index (χ0n) is 11.8. The molecule has 1 heterocycles. The molecule has 2 atom stereocenters. The summed E-state index contributed by atoms with van der Waals surface area (Å²) >= 11 is 0. The van der Waals surface area contributed by atoms with E-state index in [2.05, 4.69) is 0 Å². The van der Waals surface area contributed by atoms with Crippen molar-refractivity contribution in [1.29, 1.82) is 0 Å². The van der Waals surface area contributed by atoms with E-state index in [9.17, 15) is 18.4 Å². The van der Waals surface area contributed by atoms with E-state index in [4.69, 9.17) is 9.84 Å². The van der Waals surface area contributed by atoms with Gasteiger partial charge in [0.05, 0.1) is 5.41 Å². The Balaban J connectivity index is 2.16. The molecule has 0 aromatic heterocycles. The molecule has 2 fully saturated rings. The maximum atomic E-state index is 13.4. The van der Waals surface area contributed by atoms with Crippen molar-refractivity contribution >= 4 is 12.1 Å². The molecule has 1 aliphatic carbocycles. The average molecular weight is 291 g/mol. The number of likely N-dealkylation sites (tertiary alicyclic amines) is 1. The first-order valence-corrected chi connectivity index (χ1v) is 6.58. The Morgan fingerprint density at radius 3 is 2.30 bits per heavy atom. The van der Waals surface area contributed by atoms with Crippen molar-refractivity contribution in [3.63, 3.8) is 0 Å². The van der Waals surface area contributed by atoms with Gasteiger partial charge in [0.2, 0.25) is 0 Å². The van der Waals surface area contributed by atoms with Crippen LogP contribution in [0, 0.1) is 5.41 Å². The second-order valence-corrected chi connectivity index (χ2v) is 6.66. The minimum Gasteiger partial charge on any atom is -0.480 e. The van der Waals surface area contributed by atoms with Gasteiger partial charge in [0.15, 0.2) is 0 Å². The molecule has 1 saturated carbocycles. The normalized spacial score (nSPS) is 32.0. The third-order valence-corrected chi connectivity index (χ3v) is 3.87. The first-order chi connectivity index (χ1) is 8.97. The Bertz CT molecular complexity index is 446. The molecule has 2 aliphatic rings. The van der Waals surface area contributed by atoms with Crippen molar-refractivity contribution < 1.29 is 28.2 Å². The van der Waals surface area contributed by atoms with E-state index in [1.807, 2.05) is 0 Å². The van der Waals surface area contributed by atoms with Crippen LogP contribution in [0.5, 0.6) is 0 Å². The molecule has 1 aliphatic heterocycles. The van der Waals surface area contributed by atoms with Crippen LogP contribution in [0.15, 0.2) is 0 Å². The van der Waals surface area contributed by atoms with Crippen molar-refractivity contribution in [3.8, 4) is 0 Å². The zero-order chi connectivity index (χ0) is 15.3. The van der Waals surface area contributed by atoms with Gasteiger partial charge in [-0.2, -0.15) is 0 Å². The summed E-state index contributed by atoms with van der Waals surface area (Å²) in [5.74, 6) is -3.99. The molecule has 1 saturated heterocycles. The molecular weight excluding hydrogens is 272 g/mol. The van der Waals surface area contributed by atoms with Crippen LogP contribution in [0.2, 0.25) is 0 Å². The highest BCUT2D eigenvalue weighted by Gasteiger charge is 2.72. The van der Waals surface area contributed by atoms with Gasteiger partial charge in [0, 0.05) is 13.0 Å². The quantitative estimate of drug-likeness (QED) is 0.806. The van der Waals surface area contributed by atoms with Gasteiger partial charge in [-0.15, -0.1) is 0 Å². The first kappa shape index (κ1) is 15.0. The molecule has 0 aromatic carbocycles. The highest BCUT2D eigenvalue weighted by Crippen LogP contribution is 2.65. The number of hydrogen-bond donors (Lipinski definition) is 1. The molecule has 1 N–H and O–H groups in total. The first-order valence-electron chi connectivity index (χ1n) is 6.58. The summed E-state index contributed by atoms with van der Waals surface area (Å²) in [6.07, 6.45) is -0.974. The summed E-state index contributed by atoms with van der Waals surface area (Å²) in [6.45, 7) is 4.68.